The fourth-order valence-corrected chi connectivity index (χ4v) is 2.56. The van der Waals surface area contributed by atoms with Crippen LogP contribution in [0.1, 0.15) is 16.7 Å². The molecule has 3 aromatic carbocycles. The molecule has 0 aliphatic rings. The summed E-state index contributed by atoms with van der Waals surface area (Å²) >= 11 is 0. The molecule has 0 saturated carbocycles. The van der Waals surface area contributed by atoms with Gasteiger partial charge in [0.25, 0.3) is 0 Å². The first-order valence-corrected chi connectivity index (χ1v) is 8.60. The monoisotopic (exact) mass is 360 g/mol. The van der Waals surface area contributed by atoms with Gasteiger partial charge in [0.05, 0.1) is 0 Å². The molecule has 0 radical (unpaired) electrons. The highest BCUT2D eigenvalue weighted by molar-refractivity contribution is 5.86. The Morgan fingerprint density at radius 2 is 1.37 bits per heavy atom. The number of benzene rings is 3. The van der Waals surface area contributed by atoms with Crippen LogP contribution < -0.4 is 9.47 Å². The lowest BCUT2D eigenvalue weighted by Crippen LogP contribution is -2.02. The van der Waals surface area contributed by atoms with Crippen molar-refractivity contribution < 1.29 is 19.4 Å². The molecule has 136 valence electrons. The maximum Gasteiger partial charge on any atom is 0.328 e. The zero-order chi connectivity index (χ0) is 18.9. The lowest BCUT2D eigenvalue weighted by atomic mass is 10.1. The van der Waals surface area contributed by atoms with E-state index in [-0.39, 0.29) is 0 Å². The molecule has 1 N–H and O–H groups in total. The number of carbonyl (C=O) groups is 1. The van der Waals surface area contributed by atoms with Gasteiger partial charge in [-0.1, -0.05) is 72.8 Å². The molecule has 3 rings (SSSR count). The third-order valence-electron chi connectivity index (χ3n) is 3.88. The summed E-state index contributed by atoms with van der Waals surface area (Å²) in [6.07, 6.45) is 2.60. The maximum atomic E-state index is 10.9. The van der Waals surface area contributed by atoms with Crippen LogP contribution in [-0.4, -0.2) is 11.1 Å². The second kappa shape index (κ2) is 9.25. The van der Waals surface area contributed by atoms with E-state index in [1.54, 1.807) is 6.07 Å². The molecule has 0 aromatic heterocycles. The molecule has 3 aromatic rings. The summed E-state index contributed by atoms with van der Waals surface area (Å²) in [5.74, 6) is 0.0803. The Morgan fingerprint density at radius 3 is 1.96 bits per heavy atom. The number of para-hydroxylation sites is 1. The van der Waals surface area contributed by atoms with Crippen molar-refractivity contribution in [3.8, 4) is 11.5 Å². The molecule has 4 heteroatoms. The van der Waals surface area contributed by atoms with Gasteiger partial charge in [-0.15, -0.1) is 0 Å². The van der Waals surface area contributed by atoms with Crippen molar-refractivity contribution in [2.45, 2.75) is 13.2 Å². The van der Waals surface area contributed by atoms with Crippen LogP contribution in [0.3, 0.4) is 0 Å². The van der Waals surface area contributed by atoms with E-state index < -0.39 is 5.97 Å². The second-order valence-electron chi connectivity index (χ2n) is 5.89. The summed E-state index contributed by atoms with van der Waals surface area (Å²) in [5.41, 5.74) is 2.71. The number of carboxylic acids is 1. The minimum absolute atomic E-state index is 0.362. The summed E-state index contributed by atoms with van der Waals surface area (Å²) in [7, 11) is 0. The molecule has 0 aliphatic carbocycles. The zero-order valence-electron chi connectivity index (χ0n) is 14.7. The SMILES string of the molecule is O=C(O)/C=C/c1cccc(OCc2ccccc2)c1OCc1ccccc1. The summed E-state index contributed by atoms with van der Waals surface area (Å²) < 4.78 is 12.0. The molecule has 0 fully saturated rings. The van der Waals surface area contributed by atoms with E-state index >= 15 is 0 Å². The first-order chi connectivity index (χ1) is 13.2. The predicted molar refractivity (Wildman–Crippen MR) is 105 cm³/mol. The quantitative estimate of drug-likeness (QED) is 0.578. The average Bonchev–Trinajstić information content (AvgIpc) is 2.71. The van der Waals surface area contributed by atoms with Crippen LogP contribution in [-0.2, 0) is 18.0 Å². The van der Waals surface area contributed by atoms with E-state index in [0.29, 0.717) is 30.3 Å². The smallest absolute Gasteiger partial charge is 0.328 e. The van der Waals surface area contributed by atoms with Crippen molar-refractivity contribution in [1.82, 2.24) is 0 Å². The van der Waals surface area contributed by atoms with Gasteiger partial charge in [-0.3, -0.25) is 0 Å². The summed E-state index contributed by atoms with van der Waals surface area (Å²) in [6.45, 7) is 0.759. The molecule has 0 saturated heterocycles. The normalized spacial score (nSPS) is 10.7. The lowest BCUT2D eigenvalue weighted by Gasteiger charge is -2.15. The van der Waals surface area contributed by atoms with E-state index in [1.165, 1.54) is 6.08 Å². The van der Waals surface area contributed by atoms with Crippen molar-refractivity contribution in [3.05, 3.63) is 102 Å². The first kappa shape index (κ1) is 18.3. The van der Waals surface area contributed by atoms with Crippen LogP contribution in [0, 0.1) is 0 Å². The van der Waals surface area contributed by atoms with Crippen LogP contribution in [0.2, 0.25) is 0 Å². The van der Waals surface area contributed by atoms with Gasteiger partial charge in [0.15, 0.2) is 11.5 Å². The highest BCUT2D eigenvalue weighted by atomic mass is 16.5. The van der Waals surface area contributed by atoms with Gasteiger partial charge in [0.1, 0.15) is 13.2 Å². The van der Waals surface area contributed by atoms with Crippen molar-refractivity contribution in [1.29, 1.82) is 0 Å². The average molecular weight is 360 g/mol. The molecule has 0 atom stereocenters. The Balaban J connectivity index is 1.84. The molecule has 27 heavy (non-hydrogen) atoms. The van der Waals surface area contributed by atoms with Crippen molar-refractivity contribution in [2.75, 3.05) is 0 Å². The summed E-state index contributed by atoms with van der Waals surface area (Å²) in [6, 6.07) is 25.1. The van der Waals surface area contributed by atoms with E-state index in [0.717, 1.165) is 17.2 Å². The summed E-state index contributed by atoms with van der Waals surface area (Å²) in [5, 5.41) is 8.94. The van der Waals surface area contributed by atoms with Gasteiger partial charge in [-0.25, -0.2) is 4.79 Å². The highest BCUT2D eigenvalue weighted by Crippen LogP contribution is 2.33. The standard InChI is InChI=1S/C23H20O4/c24-22(25)15-14-20-12-7-13-21(26-16-18-8-3-1-4-9-18)23(20)27-17-19-10-5-2-6-11-19/h1-15H,16-17H2,(H,24,25)/b15-14+. The molecule has 0 heterocycles. The number of hydrogen-bond donors (Lipinski definition) is 1. The molecular weight excluding hydrogens is 340 g/mol. The van der Waals surface area contributed by atoms with Gasteiger partial charge in [0, 0.05) is 11.6 Å². The molecule has 0 spiro atoms. The molecule has 0 unspecified atom stereocenters. The zero-order valence-corrected chi connectivity index (χ0v) is 14.7. The summed E-state index contributed by atoms with van der Waals surface area (Å²) in [4.78, 5) is 10.9. The number of aliphatic carboxylic acids is 1. The molecule has 0 bridgehead atoms. The van der Waals surface area contributed by atoms with Crippen molar-refractivity contribution in [2.24, 2.45) is 0 Å². The van der Waals surface area contributed by atoms with Crippen molar-refractivity contribution >= 4 is 12.0 Å². The highest BCUT2D eigenvalue weighted by Gasteiger charge is 2.11. The van der Waals surface area contributed by atoms with Gasteiger partial charge < -0.3 is 14.6 Å². The Kier molecular flexibility index (Phi) is 6.26. The van der Waals surface area contributed by atoms with Crippen LogP contribution in [0.25, 0.3) is 6.08 Å². The van der Waals surface area contributed by atoms with Crippen LogP contribution in [0.4, 0.5) is 0 Å². The number of rotatable bonds is 8. The Hall–Kier alpha value is -3.53. The maximum absolute atomic E-state index is 10.9. The van der Waals surface area contributed by atoms with Gasteiger partial charge in [0.2, 0.25) is 0 Å². The fraction of sp³-hybridized carbons (Fsp3) is 0.0870. The van der Waals surface area contributed by atoms with Gasteiger partial charge in [-0.2, -0.15) is 0 Å². The Labute approximate surface area is 158 Å². The first-order valence-electron chi connectivity index (χ1n) is 8.60. The third-order valence-corrected chi connectivity index (χ3v) is 3.88. The number of hydrogen-bond acceptors (Lipinski definition) is 3. The predicted octanol–water partition coefficient (Wildman–Crippen LogP) is 4.94. The van der Waals surface area contributed by atoms with Gasteiger partial charge in [-0.05, 0) is 23.3 Å². The van der Waals surface area contributed by atoms with Crippen LogP contribution in [0.5, 0.6) is 11.5 Å². The molecule has 0 aliphatic heterocycles. The topological polar surface area (TPSA) is 55.8 Å². The Morgan fingerprint density at radius 1 is 0.778 bits per heavy atom. The minimum atomic E-state index is -1.01. The Bertz CT molecular complexity index is 902. The second-order valence-corrected chi connectivity index (χ2v) is 5.89. The third kappa shape index (κ3) is 5.47. The lowest BCUT2D eigenvalue weighted by molar-refractivity contribution is -0.131. The van der Waals surface area contributed by atoms with Crippen LogP contribution in [0.15, 0.2) is 84.9 Å². The van der Waals surface area contributed by atoms with Gasteiger partial charge >= 0.3 is 5.97 Å². The van der Waals surface area contributed by atoms with E-state index in [2.05, 4.69) is 0 Å². The minimum Gasteiger partial charge on any atom is -0.485 e. The van der Waals surface area contributed by atoms with E-state index in [4.69, 9.17) is 14.6 Å². The molecule has 4 nitrogen and oxygen atoms in total. The molecular formula is C23H20O4. The molecule has 0 amide bonds. The van der Waals surface area contributed by atoms with Crippen LogP contribution >= 0.6 is 0 Å². The van der Waals surface area contributed by atoms with E-state index in [9.17, 15) is 4.79 Å². The number of ether oxygens (including phenoxy) is 2. The van der Waals surface area contributed by atoms with Crippen molar-refractivity contribution in [3.63, 3.8) is 0 Å². The number of carboxylic acid groups (broad SMARTS) is 1. The fourth-order valence-electron chi connectivity index (χ4n) is 2.56. The van der Waals surface area contributed by atoms with E-state index in [1.807, 2.05) is 72.8 Å². The largest absolute Gasteiger partial charge is 0.485 e.